The Balaban J connectivity index is 2.22. The van der Waals surface area contributed by atoms with E-state index in [1.54, 1.807) is 0 Å². The molecule has 0 saturated carbocycles. The molecular formula is C9H10AlN3O. The maximum Gasteiger partial charge on any atom is 0.354 e. The Labute approximate surface area is 89.4 Å². The lowest BCUT2D eigenvalue weighted by Gasteiger charge is -1.96. The molecule has 0 aliphatic carbocycles. The number of carbonyl (C=O) groups excluding carboxylic acids is 1. The highest BCUT2D eigenvalue weighted by atomic mass is 27.0. The Morgan fingerprint density at radius 2 is 2.43 bits per heavy atom. The fraction of sp³-hybridized carbons (Fsp3) is 0.111. The molecule has 0 aliphatic heterocycles. The van der Waals surface area contributed by atoms with Crippen molar-refractivity contribution < 1.29 is 4.79 Å². The van der Waals surface area contributed by atoms with Gasteiger partial charge >= 0.3 is 16.3 Å². The van der Waals surface area contributed by atoms with Gasteiger partial charge in [0.05, 0.1) is 12.2 Å². The number of aromatic nitrogens is 2. The Hall–Kier alpha value is -1.31. The van der Waals surface area contributed by atoms with Crippen molar-refractivity contribution in [2.45, 2.75) is 6.54 Å². The number of rotatable bonds is 2. The second-order valence-corrected chi connectivity index (χ2v) is 4.02. The number of nitrogens with zero attached hydrogens (tertiary/aromatic N) is 2. The van der Waals surface area contributed by atoms with Gasteiger partial charge < -0.3 is 9.72 Å². The van der Waals surface area contributed by atoms with Gasteiger partial charge in [-0.1, -0.05) is 6.07 Å². The van der Waals surface area contributed by atoms with E-state index in [9.17, 15) is 4.79 Å². The van der Waals surface area contributed by atoms with Crippen molar-refractivity contribution in [2.24, 2.45) is 0 Å². The maximum atomic E-state index is 10.7. The van der Waals surface area contributed by atoms with Gasteiger partial charge in [-0.15, -0.1) is 0 Å². The summed E-state index contributed by atoms with van der Waals surface area (Å²) >= 11 is 0.536. The van der Waals surface area contributed by atoms with E-state index in [1.165, 1.54) is 0 Å². The number of hydrogen-bond acceptors (Lipinski definition) is 2. The number of imidazole rings is 1. The summed E-state index contributed by atoms with van der Waals surface area (Å²) in [6.45, 7) is 0.518. The maximum absolute atomic E-state index is 10.7. The van der Waals surface area contributed by atoms with Crippen molar-refractivity contribution in [1.29, 1.82) is 0 Å². The standard InChI is InChI=1S/C9H8N3O.Al.2H/c13-7-10-5-8-6-12-4-2-1-3-9(12)11-8;;;/h1-4,6H,5H2,(H,10,13);;;. The van der Waals surface area contributed by atoms with Crippen LogP contribution < -0.4 is 5.32 Å². The number of hydrogen-bond donors (Lipinski definition) is 1. The molecule has 70 valence electrons. The summed E-state index contributed by atoms with van der Waals surface area (Å²) in [5, 5.41) is 2.77. The summed E-state index contributed by atoms with van der Waals surface area (Å²) < 4.78 is 2.04. The van der Waals surface area contributed by atoms with Crippen LogP contribution in [0, 0.1) is 0 Å². The molecular weight excluding hydrogens is 193 g/mol. The fourth-order valence-electron chi connectivity index (χ4n) is 1.29. The number of amides is 1. The van der Waals surface area contributed by atoms with Crippen molar-refractivity contribution >= 4 is 26.7 Å². The number of carbonyl (C=O) groups is 1. The van der Waals surface area contributed by atoms with Gasteiger partial charge in [-0.25, -0.2) is 4.98 Å². The molecule has 0 bridgehead atoms. The van der Waals surface area contributed by atoms with E-state index in [4.69, 9.17) is 0 Å². The lowest BCUT2D eigenvalue weighted by atomic mass is 10.5. The summed E-state index contributed by atoms with van der Waals surface area (Å²) in [6, 6.07) is 5.83. The van der Waals surface area contributed by atoms with E-state index in [0.29, 0.717) is 22.8 Å². The zero-order valence-corrected chi connectivity index (χ0v) is 9.90. The first-order chi connectivity index (χ1) is 6.75. The Morgan fingerprint density at radius 3 is 3.14 bits per heavy atom. The molecule has 2 heterocycles. The molecule has 0 radical (unpaired) electrons. The third kappa shape index (κ3) is 1.95. The molecule has 0 fully saturated rings. The topological polar surface area (TPSA) is 46.4 Å². The van der Waals surface area contributed by atoms with Crippen molar-refractivity contribution in [3.8, 4) is 0 Å². The molecule has 0 spiro atoms. The van der Waals surface area contributed by atoms with Crippen molar-refractivity contribution in [3.63, 3.8) is 0 Å². The normalized spacial score (nSPS) is 10.3. The van der Waals surface area contributed by atoms with Crippen LogP contribution in [-0.2, 0) is 6.54 Å². The molecule has 0 saturated heterocycles. The van der Waals surface area contributed by atoms with Crippen molar-refractivity contribution in [2.75, 3.05) is 0 Å². The van der Waals surface area contributed by atoms with Gasteiger partial charge in [-0.3, -0.25) is 4.79 Å². The summed E-state index contributed by atoms with van der Waals surface area (Å²) in [7, 11) is 0. The molecule has 1 amide bonds. The van der Waals surface area contributed by atoms with E-state index in [2.05, 4.69) is 10.3 Å². The first kappa shape index (κ1) is 9.26. The molecule has 0 unspecified atom stereocenters. The second-order valence-electron chi connectivity index (χ2n) is 3.11. The van der Waals surface area contributed by atoms with Crippen LogP contribution >= 0.6 is 0 Å². The molecule has 2 rings (SSSR count). The molecule has 0 aromatic carbocycles. The van der Waals surface area contributed by atoms with Crippen LogP contribution in [0.15, 0.2) is 30.6 Å². The highest BCUT2D eigenvalue weighted by Gasteiger charge is 2.00. The van der Waals surface area contributed by atoms with Gasteiger partial charge in [-0.05, 0) is 12.1 Å². The number of fused-ring (bicyclic) bond motifs is 1. The molecule has 5 heteroatoms. The molecule has 0 aliphatic rings. The Kier molecular flexibility index (Phi) is 2.53. The number of nitrogens with one attached hydrogen (secondary N) is 1. The average Bonchev–Trinajstić information content (AvgIpc) is 2.57. The highest BCUT2D eigenvalue weighted by molar-refractivity contribution is 6.57. The third-order valence-corrected chi connectivity index (χ3v) is 2.29. The molecule has 0 atom stereocenters. The zero-order valence-electron chi connectivity index (χ0n) is 7.90. The summed E-state index contributed by atoms with van der Waals surface area (Å²) in [4.78, 5) is 15.1. The molecule has 2 aromatic heterocycles. The first-order valence-electron chi connectivity index (χ1n) is 4.43. The van der Waals surface area contributed by atoms with Gasteiger partial charge in [0.25, 0.3) is 0 Å². The largest absolute Gasteiger partial charge is 0.367 e. The van der Waals surface area contributed by atoms with Gasteiger partial charge in [0.1, 0.15) is 10.4 Å². The molecule has 1 N–H and O–H groups in total. The van der Waals surface area contributed by atoms with Gasteiger partial charge in [0, 0.05) is 12.4 Å². The van der Waals surface area contributed by atoms with Crippen LogP contribution in [0.1, 0.15) is 5.69 Å². The fourth-order valence-corrected chi connectivity index (χ4v) is 1.46. The summed E-state index contributed by atoms with van der Waals surface area (Å²) in [6.07, 6.45) is 3.86. The predicted molar refractivity (Wildman–Crippen MR) is 56.0 cm³/mol. The van der Waals surface area contributed by atoms with E-state index in [0.717, 1.165) is 11.3 Å². The molecule has 2 aromatic rings. The lowest BCUT2D eigenvalue weighted by molar-refractivity contribution is 0.259. The zero-order chi connectivity index (χ0) is 9.97. The second kappa shape index (κ2) is 3.83. The first-order valence-corrected chi connectivity index (χ1v) is 5.43. The highest BCUT2D eigenvalue weighted by Crippen LogP contribution is 2.03. The van der Waals surface area contributed by atoms with Crippen LogP contribution in [-0.4, -0.2) is 30.4 Å². The van der Waals surface area contributed by atoms with Gasteiger partial charge in [0.15, 0.2) is 0 Å². The monoisotopic (exact) mass is 203 g/mol. The van der Waals surface area contributed by atoms with Crippen LogP contribution in [0.25, 0.3) is 5.65 Å². The number of pyridine rings is 1. The van der Waals surface area contributed by atoms with Crippen LogP contribution in [0.3, 0.4) is 0 Å². The molecule has 14 heavy (non-hydrogen) atoms. The Bertz CT molecular complexity index is 433. The Morgan fingerprint density at radius 1 is 1.57 bits per heavy atom. The van der Waals surface area contributed by atoms with Gasteiger partial charge in [0.2, 0.25) is 0 Å². The van der Waals surface area contributed by atoms with Crippen LogP contribution in [0.5, 0.6) is 0 Å². The minimum atomic E-state index is 0.0991. The SMILES string of the molecule is O=[C]([AlH2])NCc1cn2ccccc2n1. The predicted octanol–water partition coefficient (Wildman–Crippen LogP) is 0.177. The van der Waals surface area contributed by atoms with Crippen LogP contribution in [0.2, 0.25) is 0 Å². The lowest BCUT2D eigenvalue weighted by Crippen LogP contribution is -2.20. The molecule has 4 nitrogen and oxygen atoms in total. The summed E-state index contributed by atoms with van der Waals surface area (Å²) in [5.41, 5.74) is 1.80. The van der Waals surface area contributed by atoms with E-state index >= 15 is 0 Å². The van der Waals surface area contributed by atoms with E-state index in [-0.39, 0.29) is 4.77 Å². The van der Waals surface area contributed by atoms with Gasteiger partial charge in [-0.2, -0.15) is 0 Å². The minimum absolute atomic E-state index is 0.0991. The smallest absolute Gasteiger partial charge is 0.354 e. The average molecular weight is 203 g/mol. The van der Waals surface area contributed by atoms with E-state index < -0.39 is 0 Å². The summed E-state index contributed by atoms with van der Waals surface area (Å²) in [5.74, 6) is 0. The van der Waals surface area contributed by atoms with E-state index in [1.807, 2.05) is 35.0 Å². The quantitative estimate of drug-likeness (QED) is 0.707. The third-order valence-electron chi connectivity index (χ3n) is 1.93. The van der Waals surface area contributed by atoms with Crippen molar-refractivity contribution in [1.82, 2.24) is 14.7 Å². The van der Waals surface area contributed by atoms with Crippen molar-refractivity contribution in [3.05, 3.63) is 36.3 Å². The minimum Gasteiger partial charge on any atom is -0.367 e. The van der Waals surface area contributed by atoms with Crippen LogP contribution in [0.4, 0.5) is 4.79 Å².